The molecule has 2 aromatic rings. The highest BCUT2D eigenvalue weighted by atomic mass is 32.2. The van der Waals surface area contributed by atoms with Crippen molar-refractivity contribution in [1.82, 2.24) is 9.78 Å². The summed E-state index contributed by atoms with van der Waals surface area (Å²) in [5.41, 5.74) is 1.98. The first kappa shape index (κ1) is 18.0. The number of aryl methyl sites for hydroxylation is 1. The molecule has 128 valence electrons. The van der Waals surface area contributed by atoms with Gasteiger partial charge in [-0.3, -0.25) is 8.99 Å². The summed E-state index contributed by atoms with van der Waals surface area (Å²) < 4.78 is 29.1. The Labute approximate surface area is 143 Å². The minimum Gasteiger partial charge on any atom is -0.269 e. The molecule has 0 N–H and O–H groups in total. The fourth-order valence-electron chi connectivity index (χ4n) is 2.62. The zero-order valence-electron chi connectivity index (χ0n) is 14.6. The van der Waals surface area contributed by atoms with Gasteiger partial charge in [0.1, 0.15) is 4.90 Å². The molecule has 0 spiro atoms. The molecule has 0 saturated carbocycles. The van der Waals surface area contributed by atoms with E-state index in [0.29, 0.717) is 35.1 Å². The van der Waals surface area contributed by atoms with E-state index in [1.807, 2.05) is 6.07 Å². The molecule has 0 aliphatic carbocycles. The SMILES string of the molecule is Cc1nn(CC(C)C)c(C)c1S(=O)(=O)N(C)c1cccc(C#N)c1. The summed E-state index contributed by atoms with van der Waals surface area (Å²) in [6, 6.07) is 8.56. The Morgan fingerprint density at radius 1 is 1.33 bits per heavy atom. The van der Waals surface area contributed by atoms with Gasteiger partial charge in [0.25, 0.3) is 10.0 Å². The summed E-state index contributed by atoms with van der Waals surface area (Å²) in [6.07, 6.45) is 0. The van der Waals surface area contributed by atoms with Gasteiger partial charge in [0.2, 0.25) is 0 Å². The van der Waals surface area contributed by atoms with Crippen LogP contribution in [0.5, 0.6) is 0 Å². The predicted molar refractivity (Wildman–Crippen MR) is 93.3 cm³/mol. The van der Waals surface area contributed by atoms with Crippen LogP contribution >= 0.6 is 0 Å². The standard InChI is InChI=1S/C17H22N4O2S/c1-12(2)11-21-14(4)17(13(3)19-21)24(22,23)20(5)16-8-6-7-15(9-16)10-18/h6-9,12H,11H2,1-5H3. The van der Waals surface area contributed by atoms with Crippen molar-refractivity contribution >= 4 is 15.7 Å². The Bertz CT molecular complexity index is 892. The molecule has 1 aromatic heterocycles. The van der Waals surface area contributed by atoms with E-state index in [1.165, 1.54) is 11.4 Å². The molecule has 0 fully saturated rings. The lowest BCUT2D eigenvalue weighted by atomic mass is 10.2. The van der Waals surface area contributed by atoms with Crippen LogP contribution in [0.25, 0.3) is 0 Å². The van der Waals surface area contributed by atoms with Crippen molar-refractivity contribution in [1.29, 1.82) is 5.26 Å². The van der Waals surface area contributed by atoms with Gasteiger partial charge in [-0.25, -0.2) is 8.42 Å². The number of benzene rings is 1. The van der Waals surface area contributed by atoms with Crippen LogP contribution in [0.4, 0.5) is 5.69 Å². The van der Waals surface area contributed by atoms with Gasteiger partial charge in [-0.15, -0.1) is 0 Å². The van der Waals surface area contributed by atoms with E-state index in [2.05, 4.69) is 18.9 Å². The second-order valence-corrected chi connectivity index (χ2v) is 8.12. The molecule has 24 heavy (non-hydrogen) atoms. The Kier molecular flexibility index (Phi) is 4.99. The first-order valence-corrected chi connectivity index (χ1v) is 9.15. The van der Waals surface area contributed by atoms with Crippen molar-refractivity contribution in [3.05, 3.63) is 41.2 Å². The molecule has 0 radical (unpaired) electrons. The molecule has 0 aliphatic heterocycles. The van der Waals surface area contributed by atoms with Crippen LogP contribution in [0.2, 0.25) is 0 Å². The molecule has 0 bridgehead atoms. The summed E-state index contributed by atoms with van der Waals surface area (Å²) in [7, 11) is -2.26. The number of rotatable bonds is 5. The van der Waals surface area contributed by atoms with Crippen molar-refractivity contribution in [2.75, 3.05) is 11.4 Å². The normalized spacial score (nSPS) is 11.5. The van der Waals surface area contributed by atoms with Crippen LogP contribution in [-0.2, 0) is 16.6 Å². The third kappa shape index (κ3) is 3.29. The van der Waals surface area contributed by atoms with E-state index >= 15 is 0 Å². The van der Waals surface area contributed by atoms with Crippen LogP contribution in [0.3, 0.4) is 0 Å². The number of aromatic nitrogens is 2. The van der Waals surface area contributed by atoms with Gasteiger partial charge >= 0.3 is 0 Å². The number of anilines is 1. The van der Waals surface area contributed by atoms with Gasteiger partial charge in [0, 0.05) is 13.6 Å². The first-order chi connectivity index (χ1) is 11.2. The van der Waals surface area contributed by atoms with Gasteiger partial charge in [-0.1, -0.05) is 19.9 Å². The smallest absolute Gasteiger partial charge is 0.267 e. The van der Waals surface area contributed by atoms with Gasteiger partial charge in [0.15, 0.2) is 0 Å². The molecular weight excluding hydrogens is 324 g/mol. The van der Waals surface area contributed by atoms with Crippen LogP contribution in [0.15, 0.2) is 29.2 Å². The number of hydrogen-bond donors (Lipinski definition) is 0. The van der Waals surface area contributed by atoms with Gasteiger partial charge in [-0.2, -0.15) is 10.4 Å². The van der Waals surface area contributed by atoms with E-state index < -0.39 is 10.0 Å². The summed E-state index contributed by atoms with van der Waals surface area (Å²) in [5, 5.41) is 13.4. The molecule has 0 saturated heterocycles. The molecule has 0 atom stereocenters. The third-order valence-electron chi connectivity index (χ3n) is 3.81. The highest BCUT2D eigenvalue weighted by molar-refractivity contribution is 7.92. The van der Waals surface area contributed by atoms with E-state index in [9.17, 15) is 8.42 Å². The van der Waals surface area contributed by atoms with Crippen LogP contribution in [0.1, 0.15) is 30.8 Å². The maximum absolute atomic E-state index is 13.1. The Morgan fingerprint density at radius 2 is 2.00 bits per heavy atom. The molecule has 0 amide bonds. The molecule has 0 unspecified atom stereocenters. The van der Waals surface area contributed by atoms with Crippen molar-refractivity contribution in [2.45, 2.75) is 39.1 Å². The lowest BCUT2D eigenvalue weighted by Gasteiger charge is -2.20. The number of nitriles is 1. The van der Waals surface area contributed by atoms with Gasteiger partial charge in [0.05, 0.1) is 28.7 Å². The topological polar surface area (TPSA) is 79.0 Å². The zero-order chi connectivity index (χ0) is 18.1. The minimum atomic E-state index is -3.75. The quantitative estimate of drug-likeness (QED) is 0.834. The van der Waals surface area contributed by atoms with Crippen molar-refractivity contribution in [3.8, 4) is 6.07 Å². The largest absolute Gasteiger partial charge is 0.269 e. The van der Waals surface area contributed by atoms with Crippen LogP contribution < -0.4 is 4.31 Å². The highest BCUT2D eigenvalue weighted by Gasteiger charge is 2.29. The van der Waals surface area contributed by atoms with E-state index in [0.717, 1.165) is 0 Å². The molecule has 2 rings (SSSR count). The monoisotopic (exact) mass is 346 g/mol. The summed E-state index contributed by atoms with van der Waals surface area (Å²) >= 11 is 0. The van der Waals surface area contributed by atoms with E-state index in [4.69, 9.17) is 5.26 Å². The Morgan fingerprint density at radius 3 is 2.58 bits per heavy atom. The van der Waals surface area contributed by atoms with Crippen LogP contribution in [0, 0.1) is 31.1 Å². The molecule has 1 aromatic carbocycles. The average molecular weight is 346 g/mol. The second kappa shape index (κ2) is 6.65. The van der Waals surface area contributed by atoms with Crippen molar-refractivity contribution in [3.63, 3.8) is 0 Å². The van der Waals surface area contributed by atoms with Gasteiger partial charge in [-0.05, 0) is 38.0 Å². The summed E-state index contributed by atoms with van der Waals surface area (Å²) in [6.45, 7) is 8.26. The molecule has 7 heteroatoms. The maximum atomic E-state index is 13.1. The fourth-order valence-corrected chi connectivity index (χ4v) is 4.18. The minimum absolute atomic E-state index is 0.230. The third-order valence-corrected chi connectivity index (χ3v) is 5.85. The van der Waals surface area contributed by atoms with Crippen molar-refractivity contribution in [2.24, 2.45) is 5.92 Å². The molecule has 0 aliphatic rings. The Balaban J connectivity index is 2.50. The fraction of sp³-hybridized carbons (Fsp3) is 0.412. The lowest BCUT2D eigenvalue weighted by Crippen LogP contribution is -2.27. The zero-order valence-corrected chi connectivity index (χ0v) is 15.4. The average Bonchev–Trinajstić information content (AvgIpc) is 2.80. The number of nitrogens with zero attached hydrogens (tertiary/aromatic N) is 4. The molecular formula is C17H22N4O2S. The highest BCUT2D eigenvalue weighted by Crippen LogP contribution is 2.27. The number of sulfonamides is 1. The first-order valence-electron chi connectivity index (χ1n) is 7.71. The lowest BCUT2D eigenvalue weighted by molar-refractivity contribution is 0.472. The second-order valence-electron chi connectivity index (χ2n) is 6.21. The van der Waals surface area contributed by atoms with E-state index in [1.54, 1.807) is 42.8 Å². The summed E-state index contributed by atoms with van der Waals surface area (Å²) in [5.74, 6) is 0.364. The summed E-state index contributed by atoms with van der Waals surface area (Å²) in [4.78, 5) is 0.230. The van der Waals surface area contributed by atoms with Crippen LogP contribution in [-0.4, -0.2) is 25.2 Å². The maximum Gasteiger partial charge on any atom is 0.267 e. The number of hydrogen-bond acceptors (Lipinski definition) is 4. The van der Waals surface area contributed by atoms with Gasteiger partial charge < -0.3 is 0 Å². The van der Waals surface area contributed by atoms with Crippen molar-refractivity contribution < 1.29 is 8.42 Å². The molecule has 6 nitrogen and oxygen atoms in total. The predicted octanol–water partition coefficient (Wildman–Crippen LogP) is 2.85. The Hall–Kier alpha value is -2.33. The van der Waals surface area contributed by atoms with E-state index in [-0.39, 0.29) is 4.90 Å². The molecule has 1 heterocycles.